The average molecular weight is 425 g/mol. The van der Waals surface area contributed by atoms with Crippen molar-refractivity contribution in [2.75, 3.05) is 12.9 Å². The van der Waals surface area contributed by atoms with Crippen LogP contribution in [0.2, 0.25) is 0 Å². The minimum Gasteiger partial charge on any atom is -0.497 e. The van der Waals surface area contributed by atoms with E-state index in [1.165, 1.54) is 11.8 Å². The molecule has 8 heteroatoms. The lowest BCUT2D eigenvalue weighted by Gasteiger charge is -2.13. The Bertz CT molecular complexity index is 1030. The average Bonchev–Trinajstić information content (AvgIpc) is 3.12. The molecule has 0 spiro atoms. The van der Waals surface area contributed by atoms with Gasteiger partial charge in [-0.25, -0.2) is 0 Å². The number of aryl methyl sites for hydroxylation is 1. The first kappa shape index (κ1) is 21.6. The predicted molar refractivity (Wildman–Crippen MR) is 116 cm³/mol. The molecule has 1 unspecified atom stereocenters. The molecule has 3 rings (SSSR count). The normalized spacial score (nSPS) is 11.7. The monoisotopic (exact) mass is 424 g/mol. The van der Waals surface area contributed by atoms with Crippen LogP contribution in [0.4, 0.5) is 0 Å². The van der Waals surface area contributed by atoms with Gasteiger partial charge >= 0.3 is 0 Å². The molecule has 0 aliphatic heterocycles. The molecule has 30 heavy (non-hydrogen) atoms. The van der Waals surface area contributed by atoms with Crippen LogP contribution in [0.3, 0.4) is 0 Å². The number of methoxy groups -OCH3 is 1. The van der Waals surface area contributed by atoms with E-state index in [9.17, 15) is 9.59 Å². The molecule has 0 aliphatic carbocycles. The molecule has 156 valence electrons. The maximum absolute atomic E-state index is 12.4. The lowest BCUT2D eigenvalue weighted by atomic mass is 10.1. The molecule has 0 fully saturated rings. The van der Waals surface area contributed by atoms with Crippen molar-refractivity contribution in [3.8, 4) is 5.75 Å². The Kier molecular flexibility index (Phi) is 6.89. The second kappa shape index (κ2) is 9.58. The first-order valence-corrected chi connectivity index (χ1v) is 10.4. The predicted octanol–water partition coefficient (Wildman–Crippen LogP) is 3.60. The number of hydrogen-bond acceptors (Lipinski definition) is 6. The third-order valence-corrected chi connectivity index (χ3v) is 5.68. The van der Waals surface area contributed by atoms with Gasteiger partial charge in [0.05, 0.1) is 18.9 Å². The van der Waals surface area contributed by atoms with Gasteiger partial charge in [-0.1, -0.05) is 29.5 Å². The lowest BCUT2D eigenvalue weighted by Crippen LogP contribution is -2.28. The number of ether oxygens (including phenoxy) is 1. The highest BCUT2D eigenvalue weighted by molar-refractivity contribution is 7.99. The molecular formula is C22H24N4O3S. The van der Waals surface area contributed by atoms with Gasteiger partial charge in [-0.2, -0.15) is 0 Å². The second-order valence-electron chi connectivity index (χ2n) is 6.90. The number of nitrogens with zero attached hydrogens (tertiary/aromatic N) is 3. The van der Waals surface area contributed by atoms with E-state index in [0.29, 0.717) is 27.9 Å². The number of carbonyl (C=O) groups excluding carboxylic acids is 2. The number of amides is 1. The van der Waals surface area contributed by atoms with Gasteiger partial charge < -0.3 is 14.6 Å². The van der Waals surface area contributed by atoms with Crippen LogP contribution in [0.1, 0.15) is 45.1 Å². The fraction of sp³-hybridized carbons (Fsp3) is 0.273. The molecule has 1 N–H and O–H groups in total. The quantitative estimate of drug-likeness (QED) is 0.439. The summed E-state index contributed by atoms with van der Waals surface area (Å²) >= 11 is 1.31. The summed E-state index contributed by atoms with van der Waals surface area (Å²) in [5.74, 6) is 1.39. The van der Waals surface area contributed by atoms with Crippen molar-refractivity contribution in [1.82, 2.24) is 20.1 Å². The maximum Gasteiger partial charge on any atom is 0.251 e. The summed E-state index contributed by atoms with van der Waals surface area (Å²) < 4.78 is 6.91. The van der Waals surface area contributed by atoms with Gasteiger partial charge in [-0.3, -0.25) is 9.59 Å². The fourth-order valence-corrected chi connectivity index (χ4v) is 3.68. The number of carbonyl (C=O) groups is 2. The van der Waals surface area contributed by atoms with Crippen molar-refractivity contribution < 1.29 is 14.3 Å². The molecule has 3 aromatic rings. The Labute approximate surface area is 179 Å². The topological polar surface area (TPSA) is 86.1 Å². The molecule has 1 heterocycles. The van der Waals surface area contributed by atoms with Crippen LogP contribution in [0, 0.1) is 6.92 Å². The molecule has 1 aromatic heterocycles. The third-order valence-electron chi connectivity index (χ3n) is 4.66. The van der Waals surface area contributed by atoms with E-state index >= 15 is 0 Å². The molecule has 2 aromatic carbocycles. The highest BCUT2D eigenvalue weighted by Crippen LogP contribution is 2.21. The number of nitrogens with one attached hydrogen (secondary N) is 1. The summed E-state index contributed by atoms with van der Waals surface area (Å²) in [6.07, 6.45) is 0. The zero-order valence-corrected chi connectivity index (χ0v) is 18.2. The van der Waals surface area contributed by atoms with Crippen LogP contribution in [-0.2, 0) is 7.05 Å². The molecule has 0 bridgehead atoms. The number of benzene rings is 2. The lowest BCUT2D eigenvalue weighted by molar-refractivity contribution is 0.0937. The fourth-order valence-electron chi connectivity index (χ4n) is 2.87. The Morgan fingerprint density at radius 3 is 2.33 bits per heavy atom. The molecule has 0 saturated carbocycles. The number of aromatic nitrogens is 3. The summed E-state index contributed by atoms with van der Waals surface area (Å²) in [7, 11) is 3.41. The number of rotatable bonds is 8. The number of Topliss-reactive ketones (excluding diaryl/α,β-unsaturated/α-hetero) is 1. The van der Waals surface area contributed by atoms with Crippen LogP contribution < -0.4 is 10.1 Å². The number of thioether (sulfide) groups is 1. The Morgan fingerprint density at radius 2 is 1.70 bits per heavy atom. The highest BCUT2D eigenvalue weighted by Gasteiger charge is 2.19. The molecular weight excluding hydrogens is 400 g/mol. The van der Waals surface area contributed by atoms with Crippen LogP contribution in [0.25, 0.3) is 0 Å². The Morgan fingerprint density at radius 1 is 1.07 bits per heavy atom. The first-order valence-electron chi connectivity index (χ1n) is 9.46. The van der Waals surface area contributed by atoms with Gasteiger partial charge in [0.1, 0.15) is 5.75 Å². The van der Waals surface area contributed by atoms with Crippen molar-refractivity contribution in [3.63, 3.8) is 0 Å². The van der Waals surface area contributed by atoms with E-state index in [2.05, 4.69) is 15.5 Å². The van der Waals surface area contributed by atoms with Gasteiger partial charge in [0.15, 0.2) is 16.8 Å². The van der Waals surface area contributed by atoms with Crippen LogP contribution in [0.15, 0.2) is 53.7 Å². The number of hydrogen-bond donors (Lipinski definition) is 1. The Hall–Kier alpha value is -3.13. The minimum atomic E-state index is -0.331. The first-order chi connectivity index (χ1) is 14.4. The summed E-state index contributed by atoms with van der Waals surface area (Å²) in [6.45, 7) is 3.83. The van der Waals surface area contributed by atoms with Gasteiger partial charge in [0.2, 0.25) is 0 Å². The molecule has 0 radical (unpaired) electrons. The Balaban J connectivity index is 1.61. The summed E-state index contributed by atoms with van der Waals surface area (Å²) in [4.78, 5) is 24.9. The maximum atomic E-state index is 12.4. The molecule has 1 amide bonds. The van der Waals surface area contributed by atoms with E-state index in [0.717, 1.165) is 5.56 Å². The SMILES string of the molecule is COc1ccc(C(=O)CSc2nnc(C(C)NC(=O)c3ccc(C)cc3)n2C)cc1. The van der Waals surface area contributed by atoms with Gasteiger partial charge in [0.25, 0.3) is 5.91 Å². The molecule has 0 saturated heterocycles. The minimum absolute atomic E-state index is 0.00655. The summed E-state index contributed by atoms with van der Waals surface area (Å²) in [5, 5.41) is 11.9. The van der Waals surface area contributed by atoms with E-state index in [-0.39, 0.29) is 23.5 Å². The standard InChI is InChI=1S/C22H24N4O3S/c1-14-5-7-17(8-6-14)21(28)23-15(2)20-24-25-22(26(20)3)30-13-19(27)16-9-11-18(29-4)12-10-16/h5-12,15H,13H2,1-4H3,(H,23,28). The van der Waals surface area contributed by atoms with E-state index < -0.39 is 0 Å². The summed E-state index contributed by atoms with van der Waals surface area (Å²) in [6, 6.07) is 14.1. The van der Waals surface area contributed by atoms with Crippen LogP contribution >= 0.6 is 11.8 Å². The van der Waals surface area contributed by atoms with Crippen LogP contribution in [-0.4, -0.2) is 39.3 Å². The van der Waals surface area contributed by atoms with Crippen molar-refractivity contribution in [2.24, 2.45) is 7.05 Å². The van der Waals surface area contributed by atoms with Gasteiger partial charge in [-0.15, -0.1) is 10.2 Å². The van der Waals surface area contributed by atoms with E-state index in [1.807, 2.05) is 33.0 Å². The third kappa shape index (κ3) is 5.07. The largest absolute Gasteiger partial charge is 0.497 e. The molecule has 1 atom stereocenters. The van der Waals surface area contributed by atoms with E-state index in [1.54, 1.807) is 48.1 Å². The molecule has 0 aliphatic rings. The highest BCUT2D eigenvalue weighted by atomic mass is 32.2. The second-order valence-corrected chi connectivity index (χ2v) is 7.84. The zero-order valence-electron chi connectivity index (χ0n) is 17.4. The smallest absolute Gasteiger partial charge is 0.251 e. The zero-order chi connectivity index (χ0) is 21.7. The summed E-state index contributed by atoms with van der Waals surface area (Å²) in [5.41, 5.74) is 2.30. The number of ketones is 1. The van der Waals surface area contributed by atoms with Crippen molar-refractivity contribution >= 4 is 23.5 Å². The molecule has 7 nitrogen and oxygen atoms in total. The van der Waals surface area contributed by atoms with Crippen LogP contribution in [0.5, 0.6) is 5.75 Å². The van der Waals surface area contributed by atoms with Crippen molar-refractivity contribution in [2.45, 2.75) is 25.0 Å². The van der Waals surface area contributed by atoms with Crippen molar-refractivity contribution in [3.05, 3.63) is 71.0 Å². The van der Waals surface area contributed by atoms with E-state index in [4.69, 9.17) is 4.74 Å². The van der Waals surface area contributed by atoms with Crippen molar-refractivity contribution in [1.29, 1.82) is 0 Å². The van der Waals surface area contributed by atoms with Gasteiger partial charge in [0, 0.05) is 18.2 Å². The van der Waals surface area contributed by atoms with Gasteiger partial charge in [-0.05, 0) is 50.2 Å².